The molecule has 108 valence electrons. The zero-order chi connectivity index (χ0) is 14.2. The summed E-state index contributed by atoms with van der Waals surface area (Å²) >= 11 is 0. The van der Waals surface area contributed by atoms with E-state index in [1.165, 1.54) is 29.7 Å². The highest BCUT2D eigenvalue weighted by molar-refractivity contribution is 5.79. The van der Waals surface area contributed by atoms with Crippen LogP contribution in [0.1, 0.15) is 43.7 Å². The molecule has 1 atom stereocenters. The highest BCUT2D eigenvalue weighted by atomic mass is 16.2. The van der Waals surface area contributed by atoms with Crippen LogP contribution in [-0.2, 0) is 17.6 Å². The Morgan fingerprint density at radius 3 is 2.90 bits per heavy atom. The largest absolute Gasteiger partial charge is 0.374 e. The summed E-state index contributed by atoms with van der Waals surface area (Å²) in [4.78, 5) is 13.9. The number of aryl methyl sites for hydroxylation is 1. The van der Waals surface area contributed by atoms with E-state index in [1.807, 2.05) is 0 Å². The Labute approximate surface area is 121 Å². The molecule has 0 radical (unpaired) electrons. The highest BCUT2D eigenvalue weighted by Gasteiger charge is 2.36. The Hall–Kier alpha value is -1.51. The fraction of sp³-hybridized carbons (Fsp3) is 0.588. The molecule has 1 N–H and O–H groups in total. The number of benzene rings is 1. The van der Waals surface area contributed by atoms with Crippen LogP contribution >= 0.6 is 0 Å². The molecule has 1 aromatic carbocycles. The average molecular weight is 272 g/mol. The molecule has 1 aromatic rings. The van der Waals surface area contributed by atoms with Crippen molar-refractivity contribution in [3.63, 3.8) is 0 Å². The Balaban J connectivity index is 1.83. The highest BCUT2D eigenvalue weighted by Crippen LogP contribution is 2.31. The van der Waals surface area contributed by atoms with Gasteiger partial charge in [0.25, 0.3) is 0 Å². The predicted molar refractivity (Wildman–Crippen MR) is 82.1 cm³/mol. The third-order valence-corrected chi connectivity index (χ3v) is 4.95. The summed E-state index contributed by atoms with van der Waals surface area (Å²) in [5, 5.41) is 3.21. The lowest BCUT2D eigenvalue weighted by atomic mass is 9.85. The lowest BCUT2D eigenvalue weighted by Crippen LogP contribution is -2.43. The first-order valence-corrected chi connectivity index (χ1v) is 7.76. The number of amides is 1. The topological polar surface area (TPSA) is 32.3 Å². The van der Waals surface area contributed by atoms with Crippen LogP contribution in [0.3, 0.4) is 0 Å². The molecule has 1 unspecified atom stereocenters. The van der Waals surface area contributed by atoms with Crippen LogP contribution in [0.5, 0.6) is 0 Å². The van der Waals surface area contributed by atoms with Crippen molar-refractivity contribution in [2.45, 2.75) is 51.0 Å². The van der Waals surface area contributed by atoms with Gasteiger partial charge in [-0.15, -0.1) is 0 Å². The van der Waals surface area contributed by atoms with E-state index in [9.17, 15) is 4.79 Å². The predicted octanol–water partition coefficient (Wildman–Crippen LogP) is 2.67. The number of carbonyl (C=O) groups excluding carboxylic acids is 1. The molecule has 2 heterocycles. The van der Waals surface area contributed by atoms with Gasteiger partial charge >= 0.3 is 0 Å². The number of carbonyl (C=O) groups is 1. The van der Waals surface area contributed by atoms with Crippen molar-refractivity contribution >= 4 is 11.6 Å². The van der Waals surface area contributed by atoms with E-state index in [1.54, 1.807) is 0 Å². The van der Waals surface area contributed by atoms with Crippen LogP contribution in [0.4, 0.5) is 5.69 Å². The summed E-state index contributed by atoms with van der Waals surface area (Å²) in [6, 6.07) is 6.85. The molecule has 0 spiro atoms. The Bertz CT molecular complexity index is 526. The third kappa shape index (κ3) is 2.41. The summed E-state index contributed by atoms with van der Waals surface area (Å²) in [6.45, 7) is 3.33. The fourth-order valence-corrected chi connectivity index (χ4v) is 3.64. The Kier molecular flexibility index (Phi) is 3.45. The van der Waals surface area contributed by atoms with Gasteiger partial charge < -0.3 is 10.2 Å². The SMILES string of the molecule is CCC1(Cc2ccc3c(c2)CCCN3C)CCC(=O)N1. The van der Waals surface area contributed by atoms with Gasteiger partial charge in [-0.05, 0) is 49.3 Å². The summed E-state index contributed by atoms with van der Waals surface area (Å²) < 4.78 is 0. The monoisotopic (exact) mass is 272 g/mol. The number of hydrogen-bond donors (Lipinski definition) is 1. The van der Waals surface area contributed by atoms with Crippen molar-refractivity contribution in [2.75, 3.05) is 18.5 Å². The maximum absolute atomic E-state index is 11.6. The zero-order valence-electron chi connectivity index (χ0n) is 12.5. The molecule has 3 rings (SSSR count). The molecule has 0 aliphatic carbocycles. The van der Waals surface area contributed by atoms with Crippen LogP contribution < -0.4 is 10.2 Å². The maximum Gasteiger partial charge on any atom is 0.220 e. The molecule has 2 aliphatic rings. The number of nitrogens with one attached hydrogen (secondary N) is 1. The smallest absolute Gasteiger partial charge is 0.220 e. The van der Waals surface area contributed by atoms with E-state index in [-0.39, 0.29) is 11.4 Å². The van der Waals surface area contributed by atoms with Crippen molar-refractivity contribution in [1.82, 2.24) is 5.32 Å². The molecule has 20 heavy (non-hydrogen) atoms. The van der Waals surface area contributed by atoms with Crippen molar-refractivity contribution in [2.24, 2.45) is 0 Å². The van der Waals surface area contributed by atoms with Gasteiger partial charge in [-0.2, -0.15) is 0 Å². The number of hydrogen-bond acceptors (Lipinski definition) is 2. The van der Waals surface area contributed by atoms with Crippen molar-refractivity contribution in [1.29, 1.82) is 0 Å². The second-order valence-corrected chi connectivity index (χ2v) is 6.35. The van der Waals surface area contributed by atoms with Gasteiger partial charge in [-0.1, -0.05) is 19.1 Å². The van der Waals surface area contributed by atoms with Crippen LogP contribution in [-0.4, -0.2) is 25.0 Å². The van der Waals surface area contributed by atoms with E-state index in [0.717, 1.165) is 25.8 Å². The lowest BCUT2D eigenvalue weighted by Gasteiger charge is -2.30. The molecule has 2 aliphatic heterocycles. The standard InChI is InChI=1S/C17H24N2O/c1-3-17(9-8-16(20)18-17)12-13-6-7-15-14(11-13)5-4-10-19(15)2/h6-7,11H,3-5,8-10,12H2,1-2H3,(H,18,20). The summed E-state index contributed by atoms with van der Waals surface area (Å²) in [5.41, 5.74) is 4.20. The molecule has 3 nitrogen and oxygen atoms in total. The third-order valence-electron chi connectivity index (χ3n) is 4.95. The van der Waals surface area contributed by atoms with Crippen molar-refractivity contribution in [3.8, 4) is 0 Å². The van der Waals surface area contributed by atoms with E-state index < -0.39 is 0 Å². The van der Waals surface area contributed by atoms with Crippen LogP contribution in [0.15, 0.2) is 18.2 Å². The summed E-state index contributed by atoms with van der Waals surface area (Å²) in [6.07, 6.45) is 6.05. The molecular weight excluding hydrogens is 248 g/mol. The van der Waals surface area contributed by atoms with Gasteiger partial charge in [-0.25, -0.2) is 0 Å². The van der Waals surface area contributed by atoms with Crippen molar-refractivity contribution in [3.05, 3.63) is 29.3 Å². The minimum absolute atomic E-state index is 0.00805. The molecule has 0 bridgehead atoms. The number of nitrogens with zero attached hydrogens (tertiary/aromatic N) is 1. The molecule has 0 saturated carbocycles. The van der Waals surface area contributed by atoms with Crippen LogP contribution in [0.2, 0.25) is 0 Å². The second kappa shape index (κ2) is 5.12. The fourth-order valence-electron chi connectivity index (χ4n) is 3.64. The van der Waals surface area contributed by atoms with Gasteiger partial charge in [0.2, 0.25) is 5.91 Å². The first-order valence-electron chi connectivity index (χ1n) is 7.76. The first-order chi connectivity index (χ1) is 9.62. The van der Waals surface area contributed by atoms with E-state index in [2.05, 4.69) is 42.4 Å². The average Bonchev–Trinajstić information content (AvgIpc) is 2.81. The van der Waals surface area contributed by atoms with Gasteiger partial charge in [0.15, 0.2) is 0 Å². The first kappa shape index (κ1) is 13.5. The minimum atomic E-state index is -0.00805. The number of anilines is 1. The molecule has 3 heteroatoms. The van der Waals surface area contributed by atoms with Gasteiger partial charge in [-0.3, -0.25) is 4.79 Å². The Morgan fingerprint density at radius 2 is 2.20 bits per heavy atom. The van der Waals surface area contributed by atoms with Crippen molar-refractivity contribution < 1.29 is 4.79 Å². The molecular formula is C17H24N2O. The van der Waals surface area contributed by atoms with Crippen LogP contribution in [0.25, 0.3) is 0 Å². The normalized spacial score (nSPS) is 25.5. The summed E-state index contributed by atoms with van der Waals surface area (Å²) in [7, 11) is 2.17. The molecule has 1 saturated heterocycles. The van der Waals surface area contributed by atoms with E-state index >= 15 is 0 Å². The second-order valence-electron chi connectivity index (χ2n) is 6.35. The zero-order valence-corrected chi connectivity index (χ0v) is 12.5. The maximum atomic E-state index is 11.6. The van der Waals surface area contributed by atoms with Gasteiger partial charge in [0.1, 0.15) is 0 Å². The van der Waals surface area contributed by atoms with Gasteiger partial charge in [0, 0.05) is 31.2 Å². The van der Waals surface area contributed by atoms with E-state index in [0.29, 0.717) is 6.42 Å². The lowest BCUT2D eigenvalue weighted by molar-refractivity contribution is -0.119. The minimum Gasteiger partial charge on any atom is -0.374 e. The van der Waals surface area contributed by atoms with E-state index in [4.69, 9.17) is 0 Å². The quantitative estimate of drug-likeness (QED) is 0.917. The Morgan fingerprint density at radius 1 is 1.35 bits per heavy atom. The number of fused-ring (bicyclic) bond motifs is 1. The molecule has 1 fully saturated rings. The summed E-state index contributed by atoms with van der Waals surface area (Å²) in [5.74, 6) is 0.213. The van der Waals surface area contributed by atoms with Crippen LogP contribution in [0, 0.1) is 0 Å². The molecule has 0 aromatic heterocycles. The van der Waals surface area contributed by atoms with Gasteiger partial charge in [0.05, 0.1) is 0 Å². The molecule has 1 amide bonds. The number of rotatable bonds is 3.